The first-order valence-electron chi connectivity index (χ1n) is 5.28. The first-order valence-corrected chi connectivity index (χ1v) is 6.33. The molecule has 0 aromatic heterocycles. The van der Waals surface area contributed by atoms with Gasteiger partial charge in [0.1, 0.15) is 12.4 Å². The Morgan fingerprint density at radius 3 is 2.82 bits per heavy atom. The number of hydrogen-bond donors (Lipinski definition) is 2. The standard InChI is InChI=1S/C13H15FO2S/c1-10(8-16)17-9-12-4-5-13(14)7-11(12)3-2-6-15/h4-5,7,10,15-16H,6,8-9H2,1H3. The second-order valence-electron chi connectivity index (χ2n) is 3.57. The largest absolute Gasteiger partial charge is 0.395 e. The third-order valence-corrected chi connectivity index (χ3v) is 3.35. The fourth-order valence-electron chi connectivity index (χ4n) is 1.21. The van der Waals surface area contributed by atoms with Crippen molar-refractivity contribution in [3.63, 3.8) is 0 Å². The van der Waals surface area contributed by atoms with Gasteiger partial charge >= 0.3 is 0 Å². The van der Waals surface area contributed by atoms with Gasteiger partial charge in [-0.25, -0.2) is 4.39 Å². The lowest BCUT2D eigenvalue weighted by Gasteiger charge is -2.09. The van der Waals surface area contributed by atoms with Gasteiger partial charge in [-0.1, -0.05) is 24.8 Å². The average Bonchev–Trinajstić information content (AvgIpc) is 2.34. The number of benzene rings is 1. The molecule has 0 aliphatic heterocycles. The summed E-state index contributed by atoms with van der Waals surface area (Å²) in [6, 6.07) is 4.44. The van der Waals surface area contributed by atoms with Crippen molar-refractivity contribution in [2.75, 3.05) is 13.2 Å². The van der Waals surface area contributed by atoms with Gasteiger partial charge in [-0.3, -0.25) is 0 Å². The zero-order valence-corrected chi connectivity index (χ0v) is 10.4. The Kier molecular flexibility index (Phi) is 6.06. The molecular formula is C13H15FO2S. The molecule has 1 atom stereocenters. The number of thioether (sulfide) groups is 1. The predicted octanol–water partition coefficient (Wildman–Crippen LogP) is 1.78. The molecule has 0 aliphatic carbocycles. The van der Waals surface area contributed by atoms with Crippen LogP contribution in [0.25, 0.3) is 0 Å². The van der Waals surface area contributed by atoms with Gasteiger partial charge in [0.25, 0.3) is 0 Å². The van der Waals surface area contributed by atoms with Crippen LogP contribution in [-0.4, -0.2) is 28.7 Å². The van der Waals surface area contributed by atoms with Crippen LogP contribution in [-0.2, 0) is 5.75 Å². The highest BCUT2D eigenvalue weighted by Crippen LogP contribution is 2.20. The van der Waals surface area contributed by atoms with Crippen LogP contribution in [0.1, 0.15) is 18.1 Å². The van der Waals surface area contributed by atoms with Crippen molar-refractivity contribution in [2.24, 2.45) is 0 Å². The molecule has 1 unspecified atom stereocenters. The van der Waals surface area contributed by atoms with Crippen LogP contribution in [0.3, 0.4) is 0 Å². The minimum atomic E-state index is -0.337. The Labute approximate surface area is 105 Å². The van der Waals surface area contributed by atoms with Crippen molar-refractivity contribution in [1.29, 1.82) is 0 Å². The van der Waals surface area contributed by atoms with Gasteiger partial charge in [0.05, 0.1) is 6.61 Å². The molecule has 0 fully saturated rings. The Balaban J connectivity index is 2.82. The highest BCUT2D eigenvalue weighted by Gasteiger charge is 2.05. The predicted molar refractivity (Wildman–Crippen MR) is 68.2 cm³/mol. The summed E-state index contributed by atoms with van der Waals surface area (Å²) < 4.78 is 13.1. The quantitative estimate of drug-likeness (QED) is 0.805. The summed E-state index contributed by atoms with van der Waals surface area (Å²) in [7, 11) is 0. The lowest BCUT2D eigenvalue weighted by molar-refractivity contribution is 0.300. The summed E-state index contributed by atoms with van der Waals surface area (Å²) in [6.45, 7) is 1.80. The van der Waals surface area contributed by atoms with E-state index in [9.17, 15) is 4.39 Å². The maximum Gasteiger partial charge on any atom is 0.124 e. The third kappa shape index (κ3) is 4.78. The van der Waals surface area contributed by atoms with Crippen LogP contribution in [0, 0.1) is 17.7 Å². The Hall–Kier alpha value is -1.02. The maximum atomic E-state index is 13.1. The highest BCUT2D eigenvalue weighted by atomic mass is 32.2. The Morgan fingerprint density at radius 2 is 2.18 bits per heavy atom. The van der Waals surface area contributed by atoms with E-state index in [2.05, 4.69) is 11.8 Å². The summed E-state index contributed by atoms with van der Waals surface area (Å²) in [5, 5.41) is 17.7. The van der Waals surface area contributed by atoms with Crippen molar-refractivity contribution < 1.29 is 14.6 Å². The molecule has 0 saturated heterocycles. The number of aliphatic hydroxyl groups excluding tert-OH is 2. The molecule has 0 aliphatic rings. The zero-order chi connectivity index (χ0) is 12.7. The lowest BCUT2D eigenvalue weighted by Crippen LogP contribution is -2.03. The molecule has 92 valence electrons. The number of rotatable bonds is 4. The van der Waals surface area contributed by atoms with Crippen molar-refractivity contribution in [3.8, 4) is 11.8 Å². The molecular weight excluding hydrogens is 239 g/mol. The third-order valence-electron chi connectivity index (χ3n) is 2.15. The molecule has 2 nitrogen and oxygen atoms in total. The molecule has 1 rings (SSSR count). The lowest BCUT2D eigenvalue weighted by atomic mass is 10.1. The van der Waals surface area contributed by atoms with Gasteiger partial charge in [-0.2, -0.15) is 11.8 Å². The first kappa shape index (κ1) is 14.0. The topological polar surface area (TPSA) is 40.5 Å². The minimum absolute atomic E-state index is 0.115. The van der Waals surface area contributed by atoms with E-state index in [4.69, 9.17) is 10.2 Å². The average molecular weight is 254 g/mol. The van der Waals surface area contributed by atoms with Crippen LogP contribution in [0.2, 0.25) is 0 Å². The molecule has 2 N–H and O–H groups in total. The van der Waals surface area contributed by atoms with E-state index in [-0.39, 0.29) is 24.3 Å². The normalized spacial score (nSPS) is 11.8. The maximum absolute atomic E-state index is 13.1. The molecule has 0 spiro atoms. The molecule has 1 aromatic carbocycles. The van der Waals surface area contributed by atoms with Crippen LogP contribution < -0.4 is 0 Å². The highest BCUT2D eigenvalue weighted by molar-refractivity contribution is 7.99. The van der Waals surface area contributed by atoms with E-state index in [0.717, 1.165) is 5.56 Å². The SMILES string of the molecule is CC(CO)SCc1ccc(F)cc1C#CCO. The summed E-state index contributed by atoms with van der Waals surface area (Å²) in [4.78, 5) is 0. The first-order chi connectivity index (χ1) is 8.17. The van der Waals surface area contributed by atoms with Crippen molar-refractivity contribution >= 4 is 11.8 Å². The van der Waals surface area contributed by atoms with Crippen molar-refractivity contribution in [3.05, 3.63) is 35.1 Å². The molecule has 0 amide bonds. The van der Waals surface area contributed by atoms with E-state index in [1.807, 2.05) is 6.92 Å². The van der Waals surface area contributed by atoms with Crippen molar-refractivity contribution in [2.45, 2.75) is 17.9 Å². The van der Waals surface area contributed by atoms with Gasteiger partial charge in [0, 0.05) is 16.6 Å². The number of aliphatic hydroxyl groups is 2. The van der Waals surface area contributed by atoms with Crippen LogP contribution in [0.4, 0.5) is 4.39 Å². The van der Waals surface area contributed by atoms with Crippen LogP contribution in [0.15, 0.2) is 18.2 Å². The minimum Gasteiger partial charge on any atom is -0.395 e. The van der Waals surface area contributed by atoms with Crippen molar-refractivity contribution in [1.82, 2.24) is 0 Å². The smallest absolute Gasteiger partial charge is 0.124 e. The van der Waals surface area contributed by atoms with E-state index in [1.165, 1.54) is 12.1 Å². The molecule has 0 saturated carbocycles. The molecule has 4 heteroatoms. The van der Waals surface area contributed by atoms with Gasteiger partial charge in [0.2, 0.25) is 0 Å². The van der Waals surface area contributed by atoms with E-state index >= 15 is 0 Å². The van der Waals surface area contributed by atoms with Gasteiger partial charge in [0.15, 0.2) is 0 Å². The fraction of sp³-hybridized carbons (Fsp3) is 0.385. The molecule has 0 bridgehead atoms. The van der Waals surface area contributed by atoms with Crippen LogP contribution >= 0.6 is 11.8 Å². The zero-order valence-electron chi connectivity index (χ0n) is 9.61. The summed E-state index contributed by atoms with van der Waals surface area (Å²) in [5.74, 6) is 5.57. The summed E-state index contributed by atoms with van der Waals surface area (Å²) in [5.41, 5.74) is 1.51. The second kappa shape index (κ2) is 7.33. The van der Waals surface area contributed by atoms with Gasteiger partial charge < -0.3 is 10.2 Å². The monoisotopic (exact) mass is 254 g/mol. The number of halogens is 1. The fourth-order valence-corrected chi connectivity index (χ4v) is 2.03. The number of hydrogen-bond acceptors (Lipinski definition) is 3. The Morgan fingerprint density at radius 1 is 1.41 bits per heavy atom. The van der Waals surface area contributed by atoms with Gasteiger partial charge in [-0.15, -0.1) is 0 Å². The summed E-state index contributed by atoms with van der Waals surface area (Å²) >= 11 is 1.58. The van der Waals surface area contributed by atoms with Gasteiger partial charge in [-0.05, 0) is 17.7 Å². The molecule has 0 radical (unpaired) electrons. The molecule has 0 heterocycles. The second-order valence-corrected chi connectivity index (χ2v) is 4.99. The van der Waals surface area contributed by atoms with E-state index in [1.54, 1.807) is 17.8 Å². The van der Waals surface area contributed by atoms with E-state index in [0.29, 0.717) is 11.3 Å². The van der Waals surface area contributed by atoms with Crippen LogP contribution in [0.5, 0.6) is 0 Å². The summed E-state index contributed by atoms with van der Waals surface area (Å²) in [6.07, 6.45) is 0. The molecule has 17 heavy (non-hydrogen) atoms. The molecule has 1 aromatic rings. The van der Waals surface area contributed by atoms with E-state index < -0.39 is 0 Å². The Bertz CT molecular complexity index is 423.